The van der Waals surface area contributed by atoms with E-state index in [0.29, 0.717) is 0 Å². The minimum absolute atomic E-state index is 0.147. The molecule has 0 bridgehead atoms. The lowest BCUT2D eigenvalue weighted by molar-refractivity contribution is 0.422. The van der Waals surface area contributed by atoms with Crippen LogP contribution in [0.25, 0.3) is 0 Å². The first-order valence-electron chi connectivity index (χ1n) is 7.49. The molecule has 1 aromatic carbocycles. The minimum Gasteiger partial charge on any atom is -0.508 e. The molecule has 23 heavy (non-hydrogen) atoms. The summed E-state index contributed by atoms with van der Waals surface area (Å²) in [6, 6.07) is 7.35. The van der Waals surface area contributed by atoms with Crippen LogP contribution in [0.5, 0.6) is 5.75 Å². The molecule has 3 heteroatoms. The van der Waals surface area contributed by atoms with Crippen LogP contribution in [0.2, 0.25) is 0 Å². The van der Waals surface area contributed by atoms with Crippen molar-refractivity contribution in [2.24, 2.45) is 0 Å². The summed E-state index contributed by atoms with van der Waals surface area (Å²) < 4.78 is -0.743. The van der Waals surface area contributed by atoms with E-state index in [2.05, 4.69) is 27.0 Å². The van der Waals surface area contributed by atoms with Crippen molar-refractivity contribution >= 4 is 11.8 Å². The maximum Gasteiger partial charge on any atom is 0.120 e. The molecule has 2 N–H and O–H groups in total. The van der Waals surface area contributed by atoms with Crippen LogP contribution in [0.15, 0.2) is 73.1 Å². The van der Waals surface area contributed by atoms with Gasteiger partial charge in [0.2, 0.25) is 0 Å². The van der Waals surface area contributed by atoms with Crippen LogP contribution in [0.1, 0.15) is 33.3 Å². The SMILES string of the molecule is C=C/C=C\C(=C(\O)C=C)C(C)(C)SC(C)(C)c1ccccc1O. The molecule has 0 aliphatic rings. The van der Waals surface area contributed by atoms with E-state index < -0.39 is 4.75 Å². The van der Waals surface area contributed by atoms with E-state index in [1.165, 1.54) is 6.08 Å². The molecule has 1 rings (SSSR count). The summed E-state index contributed by atoms with van der Waals surface area (Å²) in [5.41, 5.74) is 1.63. The molecule has 1 aromatic rings. The molecular formula is C20H26O2S. The van der Waals surface area contributed by atoms with E-state index in [0.717, 1.165) is 11.1 Å². The van der Waals surface area contributed by atoms with Crippen molar-refractivity contribution in [2.75, 3.05) is 0 Å². The van der Waals surface area contributed by atoms with E-state index in [1.807, 2.05) is 38.1 Å². The van der Waals surface area contributed by atoms with E-state index in [-0.39, 0.29) is 16.3 Å². The van der Waals surface area contributed by atoms with Gasteiger partial charge in [0, 0.05) is 20.6 Å². The summed E-state index contributed by atoms with van der Waals surface area (Å²) in [6.07, 6.45) is 6.76. The molecule has 124 valence electrons. The Bertz CT molecular complexity index is 637. The Kier molecular flexibility index (Phi) is 6.34. The fourth-order valence-electron chi connectivity index (χ4n) is 2.60. The van der Waals surface area contributed by atoms with Gasteiger partial charge in [-0.1, -0.05) is 49.6 Å². The zero-order chi connectivity index (χ0) is 17.7. The zero-order valence-electron chi connectivity index (χ0n) is 14.3. The highest BCUT2D eigenvalue weighted by Gasteiger charge is 2.35. The average Bonchev–Trinajstić information content (AvgIpc) is 2.46. The monoisotopic (exact) mass is 330 g/mol. The zero-order valence-corrected chi connectivity index (χ0v) is 15.2. The largest absolute Gasteiger partial charge is 0.508 e. The standard InChI is InChI=1S/C20H26O2S/c1-7-9-12-15(17(21)8-2)19(3,4)23-20(5,6)16-13-10-11-14-18(16)22/h7-14,21-22H,1-2H2,3-6H3/b12-9-,17-15-. The molecule has 0 aromatic heterocycles. The van der Waals surface area contributed by atoms with Crippen molar-refractivity contribution in [1.29, 1.82) is 0 Å². The van der Waals surface area contributed by atoms with E-state index in [4.69, 9.17) is 0 Å². The number of phenolic OH excluding ortho intramolecular Hbond substituents is 1. The minimum atomic E-state index is -0.399. The summed E-state index contributed by atoms with van der Waals surface area (Å²) in [5, 5.41) is 20.4. The molecule has 0 aliphatic carbocycles. The Hall–Kier alpha value is -1.87. The number of phenols is 1. The van der Waals surface area contributed by atoms with Gasteiger partial charge in [-0.15, -0.1) is 11.8 Å². The van der Waals surface area contributed by atoms with Gasteiger partial charge in [0.1, 0.15) is 11.5 Å². The van der Waals surface area contributed by atoms with Crippen molar-refractivity contribution in [1.82, 2.24) is 0 Å². The maximum atomic E-state index is 10.2. The lowest BCUT2D eigenvalue weighted by atomic mass is 9.99. The second kappa shape index (κ2) is 7.60. The molecule has 0 fully saturated rings. The lowest BCUT2D eigenvalue weighted by Gasteiger charge is -2.36. The molecule has 0 atom stereocenters. The Labute approximate surface area is 143 Å². The highest BCUT2D eigenvalue weighted by Crippen LogP contribution is 2.49. The number of para-hydroxylation sites is 1. The number of allylic oxidation sites excluding steroid dienone is 4. The number of hydrogen-bond acceptors (Lipinski definition) is 3. The van der Waals surface area contributed by atoms with Crippen LogP contribution >= 0.6 is 11.8 Å². The Morgan fingerprint density at radius 3 is 2.26 bits per heavy atom. The highest BCUT2D eigenvalue weighted by molar-refractivity contribution is 8.01. The van der Waals surface area contributed by atoms with Crippen LogP contribution in [0, 0.1) is 0 Å². The maximum absolute atomic E-state index is 10.2. The summed E-state index contributed by atoms with van der Waals surface area (Å²) >= 11 is 1.66. The van der Waals surface area contributed by atoms with E-state index in [9.17, 15) is 10.2 Å². The molecule has 0 spiro atoms. The molecular weight excluding hydrogens is 304 g/mol. The summed E-state index contributed by atoms with van der Waals surface area (Å²) in [5.74, 6) is 0.426. The number of thioether (sulfide) groups is 1. The fraction of sp³-hybridized carbons (Fsp3) is 0.300. The van der Waals surface area contributed by atoms with Crippen LogP contribution in [-0.2, 0) is 4.75 Å². The predicted octanol–water partition coefficient (Wildman–Crippen LogP) is 5.88. The van der Waals surface area contributed by atoms with Gasteiger partial charge in [0.15, 0.2) is 0 Å². The number of benzene rings is 1. The number of aliphatic hydroxyl groups excluding tert-OH is 1. The number of aliphatic hydroxyl groups is 1. The first-order chi connectivity index (χ1) is 10.7. The molecule has 0 saturated heterocycles. The molecule has 2 nitrogen and oxygen atoms in total. The van der Waals surface area contributed by atoms with Gasteiger partial charge in [-0.05, 0) is 39.8 Å². The molecule has 0 aliphatic heterocycles. The first-order valence-corrected chi connectivity index (χ1v) is 8.31. The Morgan fingerprint density at radius 1 is 1.13 bits per heavy atom. The van der Waals surface area contributed by atoms with Crippen molar-refractivity contribution in [3.63, 3.8) is 0 Å². The van der Waals surface area contributed by atoms with Crippen molar-refractivity contribution in [2.45, 2.75) is 37.2 Å². The van der Waals surface area contributed by atoms with Crippen molar-refractivity contribution in [3.8, 4) is 5.75 Å². The molecule has 0 saturated carbocycles. The molecule has 0 radical (unpaired) electrons. The van der Waals surface area contributed by atoms with Gasteiger partial charge >= 0.3 is 0 Å². The van der Waals surface area contributed by atoms with Crippen LogP contribution in [0.4, 0.5) is 0 Å². The lowest BCUT2D eigenvalue weighted by Crippen LogP contribution is -2.27. The van der Waals surface area contributed by atoms with Crippen molar-refractivity contribution < 1.29 is 10.2 Å². The molecule has 0 amide bonds. The van der Waals surface area contributed by atoms with Gasteiger partial charge < -0.3 is 10.2 Å². The van der Waals surface area contributed by atoms with E-state index in [1.54, 1.807) is 30.0 Å². The third-order valence-electron chi connectivity index (χ3n) is 3.58. The highest BCUT2D eigenvalue weighted by atomic mass is 32.2. The fourth-order valence-corrected chi connectivity index (χ4v) is 4.44. The smallest absolute Gasteiger partial charge is 0.120 e. The third kappa shape index (κ3) is 4.80. The second-order valence-corrected chi connectivity index (χ2v) is 8.48. The average molecular weight is 330 g/mol. The normalized spacial score (nSPS) is 13.7. The summed E-state index contributed by atoms with van der Waals surface area (Å²) in [7, 11) is 0. The molecule has 0 unspecified atom stereocenters. The number of hydrogen-bond donors (Lipinski definition) is 2. The van der Waals surface area contributed by atoms with Crippen LogP contribution in [-0.4, -0.2) is 15.0 Å². The quantitative estimate of drug-likeness (QED) is 0.484. The Morgan fingerprint density at radius 2 is 1.74 bits per heavy atom. The number of rotatable bonds is 7. The van der Waals surface area contributed by atoms with Crippen molar-refractivity contribution in [3.05, 3.63) is 78.6 Å². The second-order valence-electron chi connectivity index (χ2n) is 6.24. The topological polar surface area (TPSA) is 40.5 Å². The van der Waals surface area contributed by atoms with Crippen LogP contribution < -0.4 is 0 Å². The number of aromatic hydroxyl groups is 1. The van der Waals surface area contributed by atoms with Gasteiger partial charge in [0.05, 0.1) is 0 Å². The van der Waals surface area contributed by atoms with Gasteiger partial charge in [0.25, 0.3) is 0 Å². The Balaban J connectivity index is 3.26. The van der Waals surface area contributed by atoms with E-state index >= 15 is 0 Å². The van der Waals surface area contributed by atoms with Gasteiger partial charge in [-0.3, -0.25) is 0 Å². The van der Waals surface area contributed by atoms with Gasteiger partial charge in [-0.25, -0.2) is 0 Å². The van der Waals surface area contributed by atoms with Crippen LogP contribution in [0.3, 0.4) is 0 Å². The summed E-state index contributed by atoms with van der Waals surface area (Å²) in [4.78, 5) is 0. The first kappa shape index (κ1) is 19.2. The predicted molar refractivity (Wildman–Crippen MR) is 102 cm³/mol. The third-order valence-corrected chi connectivity index (χ3v) is 5.04. The summed E-state index contributed by atoms with van der Waals surface area (Å²) in [6.45, 7) is 15.5. The molecule has 0 heterocycles. The van der Waals surface area contributed by atoms with Gasteiger partial charge in [-0.2, -0.15) is 0 Å².